The van der Waals surface area contributed by atoms with Crippen molar-refractivity contribution in [1.29, 1.82) is 0 Å². The van der Waals surface area contributed by atoms with E-state index in [1.165, 1.54) is 12.4 Å². The summed E-state index contributed by atoms with van der Waals surface area (Å²) < 4.78 is 6.12. The highest BCUT2D eigenvalue weighted by Crippen LogP contribution is 2.18. The van der Waals surface area contributed by atoms with Gasteiger partial charge in [-0.3, -0.25) is 4.79 Å². The molecule has 0 aliphatic carbocycles. The van der Waals surface area contributed by atoms with Crippen molar-refractivity contribution in [3.63, 3.8) is 0 Å². The zero-order chi connectivity index (χ0) is 17.6. The fourth-order valence-corrected chi connectivity index (χ4v) is 2.34. The van der Waals surface area contributed by atoms with Crippen LogP contribution in [0, 0.1) is 0 Å². The molecule has 0 bridgehead atoms. The quantitative estimate of drug-likeness (QED) is 0.671. The Bertz CT molecular complexity index is 867. The van der Waals surface area contributed by atoms with Crippen LogP contribution in [0.25, 0.3) is 0 Å². The number of carbonyl (C=O) groups excluding carboxylic acids is 1. The largest absolute Gasteiger partial charge is 0.497 e. The van der Waals surface area contributed by atoms with Gasteiger partial charge in [0, 0.05) is 34.3 Å². The Morgan fingerprint density at radius 1 is 1.04 bits per heavy atom. The van der Waals surface area contributed by atoms with E-state index in [1.54, 1.807) is 31.4 Å². The summed E-state index contributed by atoms with van der Waals surface area (Å²) in [5, 5.41) is 5.85. The lowest BCUT2D eigenvalue weighted by Gasteiger charge is -2.08. The molecule has 126 valence electrons. The number of hydrogen-bond donors (Lipinski definition) is 2. The average Bonchev–Trinajstić information content (AvgIpc) is 2.64. The van der Waals surface area contributed by atoms with Gasteiger partial charge in [0.05, 0.1) is 12.7 Å². The van der Waals surface area contributed by atoms with Crippen molar-refractivity contribution >= 4 is 39.2 Å². The van der Waals surface area contributed by atoms with Gasteiger partial charge in [-0.2, -0.15) is 0 Å². The lowest BCUT2D eigenvalue weighted by atomic mass is 10.2. The molecule has 0 fully saturated rings. The van der Waals surface area contributed by atoms with Crippen LogP contribution in [0.5, 0.6) is 5.75 Å². The fraction of sp³-hybridized carbons (Fsp3) is 0.0556. The van der Waals surface area contributed by atoms with E-state index < -0.39 is 0 Å². The number of hydrogen-bond acceptors (Lipinski definition) is 5. The summed E-state index contributed by atoms with van der Waals surface area (Å²) in [7, 11) is 1.58. The first-order chi connectivity index (χ1) is 12.1. The highest BCUT2D eigenvalue weighted by molar-refractivity contribution is 9.10. The van der Waals surface area contributed by atoms with Crippen LogP contribution in [0.4, 0.5) is 17.3 Å². The molecule has 0 saturated heterocycles. The summed E-state index contributed by atoms with van der Waals surface area (Å²) in [5.41, 5.74) is 1.86. The minimum Gasteiger partial charge on any atom is -0.497 e. The summed E-state index contributed by atoms with van der Waals surface area (Å²) >= 11 is 3.38. The van der Waals surface area contributed by atoms with Crippen LogP contribution in [0.1, 0.15) is 10.4 Å². The minimum absolute atomic E-state index is 0.288. The lowest BCUT2D eigenvalue weighted by molar-refractivity contribution is 0.102. The number of aromatic nitrogens is 2. The standard InChI is InChI=1S/C18H15BrN4O2/c1-25-16-4-2-3-15(9-16)22-17(24)12-10-20-18(21-11-12)23-14-7-5-13(19)6-8-14/h2-11H,1H3,(H,22,24)(H,20,21,23). The Kier molecular flexibility index (Phi) is 5.25. The third kappa shape index (κ3) is 4.54. The summed E-state index contributed by atoms with van der Waals surface area (Å²) in [4.78, 5) is 20.6. The predicted octanol–water partition coefficient (Wildman–Crippen LogP) is 4.24. The van der Waals surface area contributed by atoms with E-state index in [0.29, 0.717) is 22.9 Å². The first-order valence-electron chi connectivity index (χ1n) is 7.44. The molecule has 1 amide bonds. The number of halogens is 1. The molecule has 25 heavy (non-hydrogen) atoms. The molecule has 2 aromatic carbocycles. The van der Waals surface area contributed by atoms with Gasteiger partial charge < -0.3 is 15.4 Å². The molecule has 0 aliphatic rings. The second kappa shape index (κ2) is 7.76. The Balaban J connectivity index is 1.66. The molecule has 6 nitrogen and oxygen atoms in total. The topological polar surface area (TPSA) is 76.1 Å². The van der Waals surface area contributed by atoms with Crippen LogP contribution >= 0.6 is 15.9 Å². The van der Waals surface area contributed by atoms with E-state index in [2.05, 4.69) is 36.5 Å². The van der Waals surface area contributed by atoms with Gasteiger partial charge in [0.2, 0.25) is 5.95 Å². The predicted molar refractivity (Wildman–Crippen MR) is 100 cm³/mol. The highest BCUT2D eigenvalue weighted by Gasteiger charge is 2.08. The van der Waals surface area contributed by atoms with Gasteiger partial charge in [-0.05, 0) is 36.4 Å². The van der Waals surface area contributed by atoms with Crippen molar-refractivity contribution in [2.24, 2.45) is 0 Å². The summed E-state index contributed by atoms with van der Waals surface area (Å²) in [6.45, 7) is 0. The van der Waals surface area contributed by atoms with Crippen LogP contribution in [-0.4, -0.2) is 23.0 Å². The number of carbonyl (C=O) groups is 1. The molecule has 3 aromatic rings. The van der Waals surface area contributed by atoms with E-state index in [4.69, 9.17) is 4.74 Å². The van der Waals surface area contributed by atoms with Crippen molar-refractivity contribution < 1.29 is 9.53 Å². The van der Waals surface area contributed by atoms with Gasteiger partial charge in [0.15, 0.2) is 0 Å². The minimum atomic E-state index is -0.288. The number of rotatable bonds is 5. The number of nitrogens with one attached hydrogen (secondary N) is 2. The number of methoxy groups -OCH3 is 1. The van der Waals surface area contributed by atoms with Crippen LogP contribution in [0.15, 0.2) is 65.4 Å². The maximum atomic E-state index is 12.3. The second-order valence-corrected chi connectivity index (χ2v) is 6.03. The van der Waals surface area contributed by atoms with Crippen molar-refractivity contribution in [3.05, 3.63) is 71.0 Å². The molecule has 3 rings (SSSR count). The van der Waals surface area contributed by atoms with Crippen molar-refractivity contribution in [1.82, 2.24) is 9.97 Å². The molecule has 0 unspecified atom stereocenters. The second-order valence-electron chi connectivity index (χ2n) is 5.11. The zero-order valence-corrected chi connectivity index (χ0v) is 14.9. The number of ether oxygens (including phenoxy) is 1. The molecular formula is C18H15BrN4O2. The highest BCUT2D eigenvalue weighted by atomic mass is 79.9. The monoisotopic (exact) mass is 398 g/mol. The molecule has 0 saturated carbocycles. The van der Waals surface area contributed by atoms with Crippen molar-refractivity contribution in [2.75, 3.05) is 17.7 Å². The van der Waals surface area contributed by atoms with Crippen LogP contribution < -0.4 is 15.4 Å². The molecular weight excluding hydrogens is 384 g/mol. The molecule has 0 radical (unpaired) electrons. The molecule has 1 aromatic heterocycles. The van der Waals surface area contributed by atoms with Crippen LogP contribution in [0.2, 0.25) is 0 Å². The fourth-order valence-electron chi connectivity index (χ4n) is 2.08. The molecule has 0 spiro atoms. The van der Waals surface area contributed by atoms with E-state index in [9.17, 15) is 4.79 Å². The summed E-state index contributed by atoms with van der Waals surface area (Å²) in [6, 6.07) is 14.8. The zero-order valence-electron chi connectivity index (χ0n) is 13.4. The van der Waals surface area contributed by atoms with E-state index in [1.807, 2.05) is 24.3 Å². The van der Waals surface area contributed by atoms with E-state index in [0.717, 1.165) is 10.2 Å². The van der Waals surface area contributed by atoms with Gasteiger partial charge in [-0.25, -0.2) is 9.97 Å². The molecule has 2 N–H and O–H groups in total. The van der Waals surface area contributed by atoms with Gasteiger partial charge in [-0.1, -0.05) is 22.0 Å². The first kappa shape index (κ1) is 16.9. The molecule has 1 heterocycles. The number of benzene rings is 2. The van der Waals surface area contributed by atoms with Crippen LogP contribution in [0.3, 0.4) is 0 Å². The smallest absolute Gasteiger partial charge is 0.258 e. The molecule has 0 aliphatic heterocycles. The third-order valence-corrected chi connectivity index (χ3v) is 3.87. The van der Waals surface area contributed by atoms with Crippen LogP contribution in [-0.2, 0) is 0 Å². The summed E-state index contributed by atoms with van der Waals surface area (Å²) in [5.74, 6) is 0.798. The Morgan fingerprint density at radius 3 is 2.44 bits per heavy atom. The number of amides is 1. The summed E-state index contributed by atoms with van der Waals surface area (Å²) in [6.07, 6.45) is 2.95. The molecule has 0 atom stereocenters. The third-order valence-electron chi connectivity index (χ3n) is 3.34. The Morgan fingerprint density at radius 2 is 1.76 bits per heavy atom. The SMILES string of the molecule is COc1cccc(NC(=O)c2cnc(Nc3ccc(Br)cc3)nc2)c1. The van der Waals surface area contributed by atoms with Gasteiger partial charge in [0.25, 0.3) is 5.91 Å². The van der Waals surface area contributed by atoms with Crippen molar-refractivity contribution in [3.8, 4) is 5.75 Å². The maximum absolute atomic E-state index is 12.3. The van der Waals surface area contributed by atoms with Gasteiger partial charge >= 0.3 is 0 Å². The maximum Gasteiger partial charge on any atom is 0.258 e. The van der Waals surface area contributed by atoms with Gasteiger partial charge in [0.1, 0.15) is 5.75 Å². The van der Waals surface area contributed by atoms with Gasteiger partial charge in [-0.15, -0.1) is 0 Å². The Hall–Kier alpha value is -2.93. The van der Waals surface area contributed by atoms with E-state index in [-0.39, 0.29) is 5.91 Å². The lowest BCUT2D eigenvalue weighted by Crippen LogP contribution is -2.13. The van der Waals surface area contributed by atoms with Crippen molar-refractivity contribution in [2.45, 2.75) is 0 Å². The number of nitrogens with zero attached hydrogens (tertiary/aromatic N) is 2. The molecule has 7 heteroatoms. The van der Waals surface area contributed by atoms with E-state index >= 15 is 0 Å². The average molecular weight is 399 g/mol. The first-order valence-corrected chi connectivity index (χ1v) is 8.23. The Labute approximate surface area is 153 Å². The normalized spacial score (nSPS) is 10.2. The number of anilines is 3.